The summed E-state index contributed by atoms with van der Waals surface area (Å²) in [5, 5.41) is 4.58. The molecular formula is CH6ClCrN3O4. The Hall–Kier alpha value is -0.548. The normalized spacial score (nSPS) is 5.40. The average Bonchev–Trinajstić information content (AvgIpc) is 1.66. The summed E-state index contributed by atoms with van der Waals surface area (Å²) in [6, 6.07) is 0. The van der Waals surface area contributed by atoms with Gasteiger partial charge in [0.05, 0.1) is 0 Å². The van der Waals surface area contributed by atoms with Gasteiger partial charge in [0.2, 0.25) is 0 Å². The van der Waals surface area contributed by atoms with Gasteiger partial charge in [0, 0.05) is 0 Å². The summed E-state index contributed by atoms with van der Waals surface area (Å²) in [7, 11) is 0. The molecule has 0 saturated carbocycles. The van der Waals surface area contributed by atoms with E-state index >= 15 is 0 Å². The van der Waals surface area contributed by atoms with Crippen molar-refractivity contribution < 1.29 is 35.4 Å². The fraction of sp³-hybridized carbons (Fsp3) is 0. The Kier molecular flexibility index (Phi) is 25.6. The first-order valence-corrected chi connectivity index (χ1v) is 3.39. The maximum absolute atomic E-state index is 8.54. The van der Waals surface area contributed by atoms with Gasteiger partial charge in [-0.15, -0.1) is 0 Å². The molecule has 0 aromatic carbocycles. The van der Waals surface area contributed by atoms with E-state index in [0.29, 0.717) is 0 Å². The van der Waals surface area contributed by atoms with Crippen LogP contribution in [-0.4, -0.2) is 5.96 Å². The molecule has 9 heteroatoms. The zero-order valence-corrected chi connectivity index (χ0v) is 6.68. The monoisotopic (exact) mass is 211 g/mol. The van der Waals surface area contributed by atoms with E-state index in [1.54, 1.807) is 0 Å². The fourth-order valence-electron chi connectivity index (χ4n) is 0. The van der Waals surface area contributed by atoms with Crippen molar-refractivity contribution in [2.75, 3.05) is 0 Å². The molecule has 7 nitrogen and oxygen atoms in total. The third-order valence-corrected chi connectivity index (χ3v) is 0. The zero-order valence-electron chi connectivity index (χ0n) is 4.65. The maximum atomic E-state index is 8.54. The van der Waals surface area contributed by atoms with E-state index in [-0.39, 0.29) is 5.96 Å². The molecule has 0 aromatic rings. The van der Waals surface area contributed by atoms with Crippen LogP contribution in [0, 0.1) is 0 Å². The summed E-state index contributed by atoms with van der Waals surface area (Å²) in [5.41, 5.74) is 9.17. The van der Waals surface area contributed by atoms with Gasteiger partial charge < -0.3 is 4.66 Å². The van der Waals surface area contributed by atoms with Crippen LogP contribution in [0.15, 0.2) is 0 Å². The topological polar surface area (TPSA) is 152 Å². The van der Waals surface area contributed by atoms with Gasteiger partial charge >= 0.3 is 31.3 Å². The van der Waals surface area contributed by atoms with Gasteiger partial charge in [0.1, 0.15) is 0 Å². The molecule has 0 amide bonds. The summed E-state index contributed by atoms with van der Waals surface area (Å²) < 4.78 is 33.3. The molecule has 6 N–H and O–H groups in total. The van der Waals surface area contributed by atoms with E-state index in [1.807, 2.05) is 0 Å². The van der Waals surface area contributed by atoms with Gasteiger partial charge in [-0.2, -0.15) is 0 Å². The van der Waals surface area contributed by atoms with Crippen molar-refractivity contribution in [3.8, 4) is 0 Å². The van der Waals surface area contributed by atoms with Gasteiger partial charge in [-0.25, -0.2) is 11.9 Å². The quantitative estimate of drug-likeness (QED) is 0.276. The predicted molar refractivity (Wildman–Crippen MR) is 23.2 cm³/mol. The Morgan fingerprint density at radius 1 is 1.30 bits per heavy atom. The first-order chi connectivity index (χ1) is 4.46. The summed E-state index contributed by atoms with van der Waals surface area (Å²) >= 11 is -0.403. The van der Waals surface area contributed by atoms with Crippen LogP contribution in [0.1, 0.15) is 0 Å². The number of rotatable bonds is 0. The molecule has 0 rings (SSSR count). The average molecular weight is 212 g/mol. The van der Waals surface area contributed by atoms with Crippen LogP contribution in [0.25, 0.3) is 0 Å². The first kappa shape index (κ1) is 16.2. The Morgan fingerprint density at radius 3 is 1.30 bits per heavy atom. The summed E-state index contributed by atoms with van der Waals surface area (Å²) in [6.45, 7) is 0. The molecule has 0 saturated heterocycles. The first-order valence-electron chi connectivity index (χ1n) is 1.52. The van der Waals surface area contributed by atoms with Gasteiger partial charge in [-0.05, 0) is 0 Å². The molecule has 0 aromatic heterocycles. The number of hydrogen-bond acceptors (Lipinski definition) is 4. The Balaban J connectivity index is -0.0000000787. The van der Waals surface area contributed by atoms with E-state index in [0.717, 1.165) is 0 Å². The van der Waals surface area contributed by atoms with Crippen LogP contribution in [0.2, 0.25) is 0 Å². The standard InChI is InChI=1S/CH5N3.ClO.Cr.3O/c2-1(3)4;1-2;;;;/h(H5,2,3,4);;;;;/q;-1;;;;/p+1. The van der Waals surface area contributed by atoms with Crippen molar-refractivity contribution in [3.63, 3.8) is 0 Å². The second kappa shape index (κ2) is 15.8. The fourth-order valence-corrected chi connectivity index (χ4v) is 0. The Morgan fingerprint density at radius 2 is 1.30 bits per heavy atom. The molecule has 0 radical (unpaired) electrons. The molecular weight excluding hydrogens is 205 g/mol. The van der Waals surface area contributed by atoms with E-state index in [1.165, 1.54) is 0 Å². The SMILES string of the molecule is NC(N)=[NH2+].[O-]Cl.[O]=[Cr](=[O])=[O]. The van der Waals surface area contributed by atoms with Gasteiger partial charge in [0.25, 0.3) is 0 Å². The molecule has 0 fully saturated rings. The summed E-state index contributed by atoms with van der Waals surface area (Å²) in [5.74, 6) is -0.0833. The molecule has 62 valence electrons. The van der Waals surface area contributed by atoms with Crippen LogP contribution >= 0.6 is 11.9 Å². The Bertz CT molecular complexity index is 149. The van der Waals surface area contributed by atoms with Crippen LogP contribution < -0.4 is 21.5 Å². The van der Waals surface area contributed by atoms with Crippen molar-refractivity contribution in [1.29, 1.82) is 0 Å². The minimum absolute atomic E-state index is 0.0833. The van der Waals surface area contributed by atoms with Crippen molar-refractivity contribution in [1.82, 2.24) is 0 Å². The summed E-state index contributed by atoms with van der Waals surface area (Å²) in [4.78, 5) is 0. The van der Waals surface area contributed by atoms with Gasteiger partial charge in [-0.1, -0.05) is 0 Å². The van der Waals surface area contributed by atoms with Crippen molar-refractivity contribution in [2.45, 2.75) is 0 Å². The minimum atomic E-state index is -3.79. The van der Waals surface area contributed by atoms with Crippen molar-refractivity contribution >= 4 is 17.8 Å². The second-order valence-electron chi connectivity index (χ2n) is 0.704. The van der Waals surface area contributed by atoms with E-state index in [2.05, 4.69) is 28.7 Å². The third-order valence-electron chi connectivity index (χ3n) is 0. The second-order valence-corrected chi connectivity index (χ2v) is 1.34. The van der Waals surface area contributed by atoms with Crippen LogP contribution in [0.3, 0.4) is 0 Å². The third kappa shape index (κ3) is 1030. The van der Waals surface area contributed by atoms with Crippen LogP contribution in [-0.2, 0) is 25.4 Å². The van der Waals surface area contributed by atoms with Crippen LogP contribution in [0.5, 0.6) is 0 Å². The number of nitrogens with two attached hydrogens (primary N) is 3. The molecule has 0 aliphatic rings. The molecule has 0 aliphatic carbocycles. The Labute approximate surface area is 65.3 Å². The molecule has 0 aliphatic heterocycles. The van der Waals surface area contributed by atoms with Gasteiger partial charge in [-0.3, -0.25) is 16.9 Å². The number of halogens is 1. The molecule has 0 atom stereocenters. The molecule has 0 heterocycles. The van der Waals surface area contributed by atoms with E-state index in [9.17, 15) is 0 Å². The molecule has 0 spiro atoms. The predicted octanol–water partition coefficient (Wildman–Crippen LogP) is -3.84. The van der Waals surface area contributed by atoms with E-state index < -0.39 is 14.0 Å². The zero-order chi connectivity index (χ0) is 9.15. The van der Waals surface area contributed by atoms with Crippen molar-refractivity contribution in [2.24, 2.45) is 11.5 Å². The molecule has 10 heavy (non-hydrogen) atoms. The van der Waals surface area contributed by atoms with E-state index in [4.69, 9.17) is 16.1 Å². The molecule has 0 unspecified atom stereocenters. The number of guanidine groups is 1. The molecule has 0 bridgehead atoms. The van der Waals surface area contributed by atoms with Crippen LogP contribution in [0.4, 0.5) is 0 Å². The number of hydrogen-bond donors (Lipinski definition) is 3. The van der Waals surface area contributed by atoms with Crippen molar-refractivity contribution in [3.05, 3.63) is 0 Å². The van der Waals surface area contributed by atoms with Gasteiger partial charge in [0.15, 0.2) is 0 Å². The summed E-state index contributed by atoms with van der Waals surface area (Å²) in [6.07, 6.45) is 0.